The van der Waals surface area contributed by atoms with Gasteiger partial charge in [-0.15, -0.1) is 0 Å². The number of hydrogen-bond donors (Lipinski definition) is 3. The Morgan fingerprint density at radius 2 is 1.90 bits per heavy atom. The fourth-order valence-electron chi connectivity index (χ4n) is 2.73. The summed E-state index contributed by atoms with van der Waals surface area (Å²) in [4.78, 5) is 36.1. The van der Waals surface area contributed by atoms with Gasteiger partial charge in [-0.3, -0.25) is 14.4 Å². The van der Waals surface area contributed by atoms with Crippen molar-refractivity contribution in [1.82, 2.24) is 10.6 Å². The molecule has 0 radical (unpaired) electrons. The standard InChI is InChI=1S/C21H20N2O7/c1-28-16-5-3-2-4-14(16)20(26)23-15(21(27)22-9-8-19(24)25)10-13-6-7-17-18(11-13)30-12-29-17/h2-7,10-11H,8-9,12H2,1H3,(H,22,27)(H,23,26)(H,24,25). The van der Waals surface area contributed by atoms with Crippen molar-refractivity contribution in [2.24, 2.45) is 0 Å². The smallest absolute Gasteiger partial charge is 0.305 e. The normalized spacial score (nSPS) is 12.2. The number of benzene rings is 2. The van der Waals surface area contributed by atoms with E-state index in [1.165, 1.54) is 13.2 Å². The van der Waals surface area contributed by atoms with Crippen LogP contribution >= 0.6 is 0 Å². The molecule has 0 fully saturated rings. The number of amides is 2. The van der Waals surface area contributed by atoms with Gasteiger partial charge in [-0.1, -0.05) is 18.2 Å². The Hall–Kier alpha value is -4.01. The first-order valence-corrected chi connectivity index (χ1v) is 9.03. The number of methoxy groups -OCH3 is 1. The number of fused-ring (bicyclic) bond motifs is 1. The Morgan fingerprint density at radius 1 is 1.13 bits per heavy atom. The van der Waals surface area contributed by atoms with E-state index in [1.54, 1.807) is 42.5 Å². The lowest BCUT2D eigenvalue weighted by Crippen LogP contribution is -2.35. The predicted octanol–water partition coefficient (Wildman–Crippen LogP) is 1.79. The predicted molar refractivity (Wildman–Crippen MR) is 106 cm³/mol. The van der Waals surface area contributed by atoms with Crippen LogP contribution in [-0.4, -0.2) is 43.3 Å². The minimum Gasteiger partial charge on any atom is -0.496 e. The molecule has 156 valence electrons. The van der Waals surface area contributed by atoms with Crippen LogP contribution in [0.3, 0.4) is 0 Å². The number of rotatable bonds is 8. The second-order valence-electron chi connectivity index (χ2n) is 6.22. The van der Waals surface area contributed by atoms with Gasteiger partial charge in [-0.25, -0.2) is 0 Å². The summed E-state index contributed by atoms with van der Waals surface area (Å²) in [5, 5.41) is 13.8. The van der Waals surface area contributed by atoms with Gasteiger partial charge < -0.3 is 30.0 Å². The Labute approximate surface area is 172 Å². The van der Waals surface area contributed by atoms with Crippen molar-refractivity contribution in [2.45, 2.75) is 6.42 Å². The Kier molecular flexibility index (Phi) is 6.53. The van der Waals surface area contributed by atoms with E-state index in [4.69, 9.17) is 19.3 Å². The number of para-hydroxylation sites is 1. The molecule has 0 atom stereocenters. The van der Waals surface area contributed by atoms with E-state index in [-0.39, 0.29) is 31.0 Å². The molecule has 9 nitrogen and oxygen atoms in total. The molecule has 0 saturated carbocycles. The maximum absolute atomic E-state index is 12.7. The third-order valence-electron chi connectivity index (χ3n) is 4.18. The zero-order chi connectivity index (χ0) is 21.5. The van der Waals surface area contributed by atoms with Crippen molar-refractivity contribution in [2.75, 3.05) is 20.4 Å². The summed E-state index contributed by atoms with van der Waals surface area (Å²) in [6.07, 6.45) is 1.22. The highest BCUT2D eigenvalue weighted by Crippen LogP contribution is 2.33. The summed E-state index contributed by atoms with van der Waals surface area (Å²) in [5.74, 6) is -0.772. The van der Waals surface area contributed by atoms with Crippen LogP contribution in [0.4, 0.5) is 0 Å². The van der Waals surface area contributed by atoms with Gasteiger partial charge in [0.05, 0.1) is 19.1 Å². The average Bonchev–Trinajstić information content (AvgIpc) is 3.20. The number of carboxylic acid groups (broad SMARTS) is 1. The topological polar surface area (TPSA) is 123 Å². The van der Waals surface area contributed by atoms with Crippen LogP contribution in [0.1, 0.15) is 22.3 Å². The molecular weight excluding hydrogens is 392 g/mol. The second-order valence-corrected chi connectivity index (χ2v) is 6.22. The van der Waals surface area contributed by atoms with Crippen molar-refractivity contribution in [3.63, 3.8) is 0 Å². The monoisotopic (exact) mass is 412 g/mol. The SMILES string of the molecule is COc1ccccc1C(=O)NC(=Cc1ccc2c(c1)OCO2)C(=O)NCCC(=O)O. The highest BCUT2D eigenvalue weighted by atomic mass is 16.7. The van der Waals surface area contributed by atoms with Crippen LogP contribution in [0.25, 0.3) is 6.08 Å². The van der Waals surface area contributed by atoms with E-state index in [0.717, 1.165) is 0 Å². The Morgan fingerprint density at radius 3 is 2.67 bits per heavy atom. The number of aliphatic carboxylic acids is 1. The summed E-state index contributed by atoms with van der Waals surface area (Å²) in [7, 11) is 1.44. The summed E-state index contributed by atoms with van der Waals surface area (Å²) >= 11 is 0. The van der Waals surface area contributed by atoms with E-state index in [2.05, 4.69) is 10.6 Å². The number of carboxylic acids is 1. The quantitative estimate of drug-likeness (QED) is 0.565. The van der Waals surface area contributed by atoms with Gasteiger partial charge in [0.25, 0.3) is 11.8 Å². The van der Waals surface area contributed by atoms with Crippen molar-refractivity contribution in [1.29, 1.82) is 0 Å². The first kappa shape index (κ1) is 20.7. The largest absolute Gasteiger partial charge is 0.496 e. The zero-order valence-electron chi connectivity index (χ0n) is 16.1. The molecule has 1 aliphatic rings. The number of carbonyl (C=O) groups excluding carboxylic acids is 2. The lowest BCUT2D eigenvalue weighted by molar-refractivity contribution is -0.136. The van der Waals surface area contributed by atoms with Crippen molar-refractivity contribution in [3.05, 3.63) is 59.3 Å². The van der Waals surface area contributed by atoms with Gasteiger partial charge in [0.15, 0.2) is 11.5 Å². The second kappa shape index (κ2) is 9.46. The Balaban J connectivity index is 1.86. The molecule has 1 aliphatic heterocycles. The zero-order valence-corrected chi connectivity index (χ0v) is 16.1. The molecule has 3 rings (SSSR count). The molecular formula is C21H20N2O7. The third-order valence-corrected chi connectivity index (χ3v) is 4.18. The van der Waals surface area contributed by atoms with Crippen LogP contribution in [-0.2, 0) is 9.59 Å². The highest BCUT2D eigenvalue weighted by Gasteiger charge is 2.18. The molecule has 9 heteroatoms. The molecule has 0 bridgehead atoms. The van der Waals surface area contributed by atoms with Crippen molar-refractivity contribution < 1.29 is 33.7 Å². The van der Waals surface area contributed by atoms with Gasteiger partial charge in [0, 0.05) is 6.54 Å². The van der Waals surface area contributed by atoms with E-state index in [0.29, 0.717) is 22.8 Å². The first-order chi connectivity index (χ1) is 14.5. The van der Waals surface area contributed by atoms with Crippen LogP contribution < -0.4 is 24.8 Å². The van der Waals surface area contributed by atoms with E-state index in [1.807, 2.05) is 0 Å². The molecule has 0 aromatic heterocycles. The number of ether oxygens (including phenoxy) is 3. The van der Waals surface area contributed by atoms with Crippen molar-refractivity contribution in [3.8, 4) is 17.2 Å². The minimum absolute atomic E-state index is 0.0600. The fraction of sp³-hybridized carbons (Fsp3) is 0.190. The van der Waals surface area contributed by atoms with Gasteiger partial charge in [-0.05, 0) is 35.9 Å². The lowest BCUT2D eigenvalue weighted by atomic mass is 10.1. The third kappa shape index (κ3) is 5.07. The summed E-state index contributed by atoms with van der Waals surface area (Å²) in [5.41, 5.74) is 0.771. The van der Waals surface area contributed by atoms with E-state index < -0.39 is 17.8 Å². The van der Waals surface area contributed by atoms with E-state index in [9.17, 15) is 14.4 Å². The molecule has 0 aliphatic carbocycles. The minimum atomic E-state index is -1.05. The lowest BCUT2D eigenvalue weighted by Gasteiger charge is -2.12. The molecule has 0 saturated heterocycles. The fourth-order valence-corrected chi connectivity index (χ4v) is 2.73. The van der Waals surface area contributed by atoms with Gasteiger partial charge in [0.2, 0.25) is 6.79 Å². The summed E-state index contributed by atoms with van der Waals surface area (Å²) in [6.45, 7) is 0.0206. The van der Waals surface area contributed by atoms with Gasteiger partial charge in [0.1, 0.15) is 11.4 Å². The van der Waals surface area contributed by atoms with Crippen LogP contribution in [0.2, 0.25) is 0 Å². The summed E-state index contributed by atoms with van der Waals surface area (Å²) < 4.78 is 15.8. The van der Waals surface area contributed by atoms with Gasteiger partial charge >= 0.3 is 5.97 Å². The average molecular weight is 412 g/mol. The molecule has 0 spiro atoms. The molecule has 2 aromatic rings. The summed E-state index contributed by atoms with van der Waals surface area (Å²) in [6, 6.07) is 11.6. The van der Waals surface area contributed by atoms with Gasteiger partial charge in [-0.2, -0.15) is 0 Å². The number of hydrogen-bond acceptors (Lipinski definition) is 6. The number of carbonyl (C=O) groups is 3. The molecule has 30 heavy (non-hydrogen) atoms. The molecule has 2 aromatic carbocycles. The van der Waals surface area contributed by atoms with Crippen LogP contribution in [0.15, 0.2) is 48.2 Å². The maximum Gasteiger partial charge on any atom is 0.305 e. The molecule has 2 amide bonds. The van der Waals surface area contributed by atoms with Crippen LogP contribution in [0, 0.1) is 0 Å². The Bertz CT molecular complexity index is 1000. The highest BCUT2D eigenvalue weighted by molar-refractivity contribution is 6.06. The molecule has 1 heterocycles. The first-order valence-electron chi connectivity index (χ1n) is 9.03. The molecule has 0 unspecified atom stereocenters. The molecule has 3 N–H and O–H groups in total. The number of nitrogens with one attached hydrogen (secondary N) is 2. The van der Waals surface area contributed by atoms with E-state index >= 15 is 0 Å². The van der Waals surface area contributed by atoms with Crippen molar-refractivity contribution >= 4 is 23.9 Å². The maximum atomic E-state index is 12.7. The van der Waals surface area contributed by atoms with Crippen LogP contribution in [0.5, 0.6) is 17.2 Å².